The molecule has 0 aliphatic carbocycles. The summed E-state index contributed by atoms with van der Waals surface area (Å²) in [6.45, 7) is 0.318. The van der Waals surface area contributed by atoms with Crippen LogP contribution >= 0.6 is 11.6 Å². The monoisotopic (exact) mass is 392 g/mol. The lowest BCUT2D eigenvalue weighted by Crippen LogP contribution is -2.21. The number of amides is 1. The van der Waals surface area contributed by atoms with Gasteiger partial charge in [-0.15, -0.1) is 0 Å². The number of esters is 1. The summed E-state index contributed by atoms with van der Waals surface area (Å²) in [4.78, 5) is 34.0. The molecule has 9 nitrogen and oxygen atoms in total. The van der Waals surface area contributed by atoms with Crippen molar-refractivity contribution in [3.63, 3.8) is 0 Å². The van der Waals surface area contributed by atoms with Gasteiger partial charge in [-0.1, -0.05) is 11.6 Å². The summed E-state index contributed by atoms with van der Waals surface area (Å²) in [5, 5.41) is 13.1. The molecule has 0 bridgehead atoms. The fraction of sp³-hybridized carbons (Fsp3) is 0.176. The third kappa shape index (κ3) is 4.45. The van der Waals surface area contributed by atoms with Crippen LogP contribution in [0, 0.1) is 10.1 Å². The minimum Gasteiger partial charge on any atom is -0.486 e. The topological polar surface area (TPSA) is 117 Å². The van der Waals surface area contributed by atoms with Crippen molar-refractivity contribution in [2.24, 2.45) is 0 Å². The number of anilines is 1. The highest BCUT2D eigenvalue weighted by Crippen LogP contribution is 2.32. The van der Waals surface area contributed by atoms with Crippen LogP contribution in [0.3, 0.4) is 0 Å². The predicted molar refractivity (Wildman–Crippen MR) is 94.5 cm³/mol. The van der Waals surface area contributed by atoms with Crippen LogP contribution in [0.15, 0.2) is 36.4 Å². The average Bonchev–Trinajstić information content (AvgIpc) is 2.66. The zero-order valence-electron chi connectivity index (χ0n) is 13.8. The van der Waals surface area contributed by atoms with Gasteiger partial charge < -0.3 is 19.5 Å². The van der Waals surface area contributed by atoms with Gasteiger partial charge in [0.1, 0.15) is 13.2 Å². The number of hydrogen-bond acceptors (Lipinski definition) is 7. The Bertz CT molecular complexity index is 916. The number of ether oxygens (including phenoxy) is 3. The lowest BCUT2D eigenvalue weighted by molar-refractivity contribution is -0.384. The summed E-state index contributed by atoms with van der Waals surface area (Å²) in [7, 11) is 0. The standard InChI is InChI=1S/C17H13ClN2O7/c18-13-8-11(20(23)24)2-3-12(13)17(22)27-9-16(21)19-10-1-4-14-15(7-10)26-6-5-25-14/h1-4,7-8H,5-6,9H2,(H,19,21). The molecule has 1 aliphatic heterocycles. The number of nitrogens with one attached hydrogen (secondary N) is 1. The molecule has 1 heterocycles. The molecule has 0 saturated heterocycles. The second-order valence-electron chi connectivity index (χ2n) is 5.40. The van der Waals surface area contributed by atoms with Crippen molar-refractivity contribution in [3.05, 3.63) is 57.1 Å². The van der Waals surface area contributed by atoms with Gasteiger partial charge in [-0.25, -0.2) is 4.79 Å². The summed E-state index contributed by atoms with van der Waals surface area (Å²) >= 11 is 5.85. The lowest BCUT2D eigenvalue weighted by atomic mass is 10.2. The van der Waals surface area contributed by atoms with Crippen molar-refractivity contribution in [1.29, 1.82) is 0 Å². The molecule has 140 valence electrons. The van der Waals surface area contributed by atoms with E-state index in [9.17, 15) is 19.7 Å². The van der Waals surface area contributed by atoms with Gasteiger partial charge in [0.15, 0.2) is 18.1 Å². The highest BCUT2D eigenvalue weighted by atomic mass is 35.5. The zero-order valence-corrected chi connectivity index (χ0v) is 14.5. The quantitative estimate of drug-likeness (QED) is 0.472. The molecule has 0 radical (unpaired) electrons. The van der Waals surface area contributed by atoms with E-state index in [1.165, 1.54) is 6.07 Å². The van der Waals surface area contributed by atoms with Crippen LogP contribution in [-0.2, 0) is 9.53 Å². The first-order valence-electron chi connectivity index (χ1n) is 7.74. The highest BCUT2D eigenvalue weighted by Gasteiger charge is 2.18. The third-order valence-electron chi connectivity index (χ3n) is 3.54. The molecule has 1 N–H and O–H groups in total. The maximum atomic E-state index is 12.0. The van der Waals surface area contributed by atoms with Gasteiger partial charge in [-0.05, 0) is 18.2 Å². The number of non-ortho nitro benzene ring substituents is 1. The number of halogens is 1. The maximum Gasteiger partial charge on any atom is 0.340 e. The molecule has 0 saturated carbocycles. The summed E-state index contributed by atoms with van der Waals surface area (Å²) < 4.78 is 15.7. The Hall–Kier alpha value is -3.33. The van der Waals surface area contributed by atoms with Crippen molar-refractivity contribution in [2.75, 3.05) is 25.1 Å². The first-order valence-corrected chi connectivity index (χ1v) is 8.12. The lowest BCUT2D eigenvalue weighted by Gasteiger charge is -2.19. The van der Waals surface area contributed by atoms with Crippen LogP contribution in [0.1, 0.15) is 10.4 Å². The predicted octanol–water partition coefficient (Wildman–Crippen LogP) is 2.81. The zero-order chi connectivity index (χ0) is 19.4. The van der Waals surface area contributed by atoms with Crippen molar-refractivity contribution in [3.8, 4) is 11.5 Å². The number of nitro groups is 1. The van der Waals surface area contributed by atoms with Crippen molar-refractivity contribution in [1.82, 2.24) is 0 Å². The molecule has 1 aliphatic rings. The van der Waals surface area contributed by atoms with Crippen LogP contribution in [-0.4, -0.2) is 36.6 Å². The van der Waals surface area contributed by atoms with Gasteiger partial charge >= 0.3 is 5.97 Å². The fourth-order valence-corrected chi connectivity index (χ4v) is 2.56. The Morgan fingerprint density at radius 1 is 1.15 bits per heavy atom. The first kappa shape index (κ1) is 18.5. The molecule has 0 unspecified atom stereocenters. The molecule has 0 fully saturated rings. The van der Waals surface area contributed by atoms with Crippen LogP contribution in [0.5, 0.6) is 11.5 Å². The van der Waals surface area contributed by atoms with E-state index in [0.29, 0.717) is 30.4 Å². The number of carbonyl (C=O) groups is 2. The number of nitro benzene ring substituents is 1. The van der Waals surface area contributed by atoms with Crippen LogP contribution in [0.4, 0.5) is 11.4 Å². The number of hydrogen-bond donors (Lipinski definition) is 1. The Kier molecular flexibility index (Phi) is 5.41. The number of rotatable bonds is 5. The highest BCUT2D eigenvalue weighted by molar-refractivity contribution is 6.33. The van der Waals surface area contributed by atoms with Gasteiger partial charge in [-0.2, -0.15) is 0 Å². The first-order chi connectivity index (χ1) is 12.9. The van der Waals surface area contributed by atoms with E-state index in [2.05, 4.69) is 5.32 Å². The molecule has 3 rings (SSSR count). The molecule has 0 atom stereocenters. The Balaban J connectivity index is 1.57. The van der Waals surface area contributed by atoms with E-state index >= 15 is 0 Å². The van der Waals surface area contributed by atoms with Crippen LogP contribution < -0.4 is 14.8 Å². The van der Waals surface area contributed by atoms with Crippen molar-refractivity contribution >= 4 is 34.9 Å². The van der Waals surface area contributed by atoms with Crippen molar-refractivity contribution < 1.29 is 28.7 Å². The molecular formula is C17H13ClN2O7. The minimum absolute atomic E-state index is 0.0746. The van der Waals surface area contributed by atoms with E-state index in [4.69, 9.17) is 25.8 Å². The molecule has 10 heteroatoms. The Morgan fingerprint density at radius 2 is 1.89 bits per heavy atom. The van der Waals surface area contributed by atoms with Crippen molar-refractivity contribution in [2.45, 2.75) is 0 Å². The smallest absolute Gasteiger partial charge is 0.340 e. The molecule has 27 heavy (non-hydrogen) atoms. The number of nitrogens with zero attached hydrogens (tertiary/aromatic N) is 1. The molecular weight excluding hydrogens is 380 g/mol. The van der Waals surface area contributed by atoms with Gasteiger partial charge in [0.05, 0.1) is 15.5 Å². The number of benzene rings is 2. The Morgan fingerprint density at radius 3 is 2.59 bits per heavy atom. The second kappa shape index (κ2) is 7.92. The normalized spacial score (nSPS) is 12.2. The van der Waals surface area contributed by atoms with Gasteiger partial charge in [0, 0.05) is 23.9 Å². The second-order valence-corrected chi connectivity index (χ2v) is 5.81. The van der Waals surface area contributed by atoms with E-state index in [-0.39, 0.29) is 16.3 Å². The van der Waals surface area contributed by atoms with Crippen LogP contribution in [0.2, 0.25) is 5.02 Å². The maximum absolute atomic E-state index is 12.0. The van der Waals surface area contributed by atoms with Gasteiger partial charge in [-0.3, -0.25) is 14.9 Å². The fourth-order valence-electron chi connectivity index (χ4n) is 2.31. The largest absolute Gasteiger partial charge is 0.486 e. The number of fused-ring (bicyclic) bond motifs is 1. The summed E-state index contributed by atoms with van der Waals surface area (Å²) in [5.41, 5.74) is 0.121. The molecule has 2 aromatic carbocycles. The minimum atomic E-state index is -0.868. The summed E-state index contributed by atoms with van der Waals surface area (Å²) in [6, 6.07) is 8.21. The van der Waals surface area contributed by atoms with E-state index in [0.717, 1.165) is 12.1 Å². The van der Waals surface area contributed by atoms with E-state index in [1.807, 2.05) is 0 Å². The average molecular weight is 393 g/mol. The molecule has 2 aromatic rings. The molecule has 0 spiro atoms. The van der Waals surface area contributed by atoms with Gasteiger partial charge in [0.25, 0.3) is 11.6 Å². The molecule has 0 aromatic heterocycles. The summed E-state index contributed by atoms with van der Waals surface area (Å²) in [5.74, 6) is -0.350. The van der Waals surface area contributed by atoms with E-state index in [1.54, 1.807) is 18.2 Å². The van der Waals surface area contributed by atoms with Gasteiger partial charge in [0.2, 0.25) is 0 Å². The van der Waals surface area contributed by atoms with Crippen LogP contribution in [0.25, 0.3) is 0 Å². The molecule has 1 amide bonds. The summed E-state index contributed by atoms with van der Waals surface area (Å²) in [6.07, 6.45) is 0. The third-order valence-corrected chi connectivity index (χ3v) is 3.86. The Labute approximate surface area is 157 Å². The SMILES string of the molecule is O=C(COC(=O)c1ccc([N+](=O)[O-])cc1Cl)Nc1ccc2c(c1)OCCO2. The number of carbonyl (C=O) groups excluding carboxylic acids is 2. The van der Waals surface area contributed by atoms with E-state index < -0.39 is 23.4 Å².